The molecule has 3 aromatic rings. The SMILES string of the molecule is CC(CO)Nc1cc(-n2ccc3cc(C#N)cnc32)ncc1C(=O)NCCNS(C)(=O)=O. The van der Waals surface area contributed by atoms with Crippen LogP contribution in [0.2, 0.25) is 0 Å². The summed E-state index contributed by atoms with van der Waals surface area (Å²) in [6, 6.07) is 6.91. The topological polar surface area (TPSA) is 162 Å². The first-order valence-corrected chi connectivity index (χ1v) is 11.6. The van der Waals surface area contributed by atoms with Gasteiger partial charge in [-0.25, -0.2) is 23.1 Å². The van der Waals surface area contributed by atoms with Crippen molar-refractivity contribution in [2.24, 2.45) is 0 Å². The third kappa shape index (κ3) is 5.58. The highest BCUT2D eigenvalue weighted by Gasteiger charge is 2.16. The number of hydrogen-bond acceptors (Lipinski definition) is 8. The summed E-state index contributed by atoms with van der Waals surface area (Å²) in [6.45, 7) is 1.75. The first-order valence-electron chi connectivity index (χ1n) is 9.69. The largest absolute Gasteiger partial charge is 0.394 e. The Balaban J connectivity index is 1.90. The molecule has 1 unspecified atom stereocenters. The highest BCUT2D eigenvalue weighted by Crippen LogP contribution is 2.23. The summed E-state index contributed by atoms with van der Waals surface area (Å²) in [6.07, 6.45) is 5.67. The van der Waals surface area contributed by atoms with Crippen LogP contribution >= 0.6 is 0 Å². The van der Waals surface area contributed by atoms with Crippen molar-refractivity contribution in [1.29, 1.82) is 5.26 Å². The van der Waals surface area contributed by atoms with Crippen molar-refractivity contribution in [3.05, 3.63) is 47.9 Å². The van der Waals surface area contributed by atoms with Gasteiger partial charge in [-0.15, -0.1) is 0 Å². The molecule has 1 amide bonds. The molecule has 0 saturated heterocycles. The second-order valence-electron chi connectivity index (χ2n) is 7.17. The standard InChI is InChI=1S/C20H23N7O4S/c1-13(12-28)26-17-8-18(27-6-3-15-7-14(9-21)10-24-19(15)27)23-11-16(17)20(29)22-4-5-25-32(2,30)31/h3,6-8,10-11,13,25,28H,4-5,12H2,1-2H3,(H,22,29)(H,23,26). The van der Waals surface area contributed by atoms with Gasteiger partial charge in [0.05, 0.1) is 29.7 Å². The van der Waals surface area contributed by atoms with Crippen molar-refractivity contribution < 1.29 is 18.3 Å². The summed E-state index contributed by atoms with van der Waals surface area (Å²) < 4.78 is 26.3. The number of sulfonamides is 1. The van der Waals surface area contributed by atoms with Gasteiger partial charge in [0.15, 0.2) is 0 Å². The van der Waals surface area contributed by atoms with Crippen molar-refractivity contribution in [2.45, 2.75) is 13.0 Å². The van der Waals surface area contributed by atoms with E-state index in [1.807, 2.05) is 6.07 Å². The molecule has 3 aromatic heterocycles. The number of carbonyl (C=O) groups is 1. The van der Waals surface area contributed by atoms with Crippen LogP contribution in [0.25, 0.3) is 16.9 Å². The van der Waals surface area contributed by atoms with E-state index in [1.54, 1.807) is 29.8 Å². The molecule has 0 fully saturated rings. The maximum atomic E-state index is 12.7. The van der Waals surface area contributed by atoms with Crippen LogP contribution in [0.15, 0.2) is 36.8 Å². The number of carbonyl (C=O) groups excluding carboxylic acids is 1. The zero-order valence-corrected chi connectivity index (χ0v) is 18.3. The van der Waals surface area contributed by atoms with Crippen LogP contribution in [-0.2, 0) is 10.0 Å². The Morgan fingerprint density at radius 1 is 1.28 bits per heavy atom. The van der Waals surface area contributed by atoms with Crippen LogP contribution in [0.5, 0.6) is 0 Å². The summed E-state index contributed by atoms with van der Waals surface area (Å²) in [5.74, 6) is 0.0429. The second kappa shape index (κ2) is 9.73. The van der Waals surface area contributed by atoms with Gasteiger partial charge in [-0.3, -0.25) is 9.36 Å². The Bertz CT molecular complexity index is 1280. The van der Waals surface area contributed by atoms with Crippen LogP contribution in [0.1, 0.15) is 22.8 Å². The van der Waals surface area contributed by atoms with Crippen LogP contribution < -0.4 is 15.4 Å². The fourth-order valence-electron chi connectivity index (χ4n) is 2.97. The predicted molar refractivity (Wildman–Crippen MR) is 119 cm³/mol. The molecule has 0 aliphatic heterocycles. The lowest BCUT2D eigenvalue weighted by Gasteiger charge is -2.17. The van der Waals surface area contributed by atoms with Crippen LogP contribution in [0, 0.1) is 11.3 Å². The molecule has 3 rings (SSSR count). The van der Waals surface area contributed by atoms with E-state index >= 15 is 0 Å². The number of nitrogens with one attached hydrogen (secondary N) is 3. The zero-order chi connectivity index (χ0) is 23.3. The number of hydrogen-bond donors (Lipinski definition) is 4. The summed E-state index contributed by atoms with van der Waals surface area (Å²) in [7, 11) is -3.35. The average molecular weight is 458 g/mol. The van der Waals surface area contributed by atoms with E-state index in [-0.39, 0.29) is 31.3 Å². The lowest BCUT2D eigenvalue weighted by atomic mass is 10.2. The maximum absolute atomic E-state index is 12.7. The molecule has 0 saturated carbocycles. The number of aliphatic hydroxyl groups excluding tert-OH is 1. The molecule has 32 heavy (non-hydrogen) atoms. The van der Waals surface area contributed by atoms with Gasteiger partial charge in [0.2, 0.25) is 10.0 Å². The van der Waals surface area contributed by atoms with Crippen molar-refractivity contribution in [3.8, 4) is 11.9 Å². The van der Waals surface area contributed by atoms with Gasteiger partial charge in [-0.05, 0) is 19.1 Å². The first-order chi connectivity index (χ1) is 15.2. The summed E-state index contributed by atoms with van der Waals surface area (Å²) >= 11 is 0. The molecule has 0 aliphatic rings. The summed E-state index contributed by atoms with van der Waals surface area (Å²) in [5.41, 5.74) is 1.73. The number of amides is 1. The molecule has 11 nitrogen and oxygen atoms in total. The van der Waals surface area contributed by atoms with Crippen molar-refractivity contribution in [3.63, 3.8) is 0 Å². The molecule has 0 aliphatic carbocycles. The van der Waals surface area contributed by atoms with E-state index in [2.05, 4.69) is 31.4 Å². The lowest BCUT2D eigenvalue weighted by molar-refractivity contribution is 0.0954. The second-order valence-corrected chi connectivity index (χ2v) is 9.01. The molecule has 0 bridgehead atoms. The number of anilines is 1. The van der Waals surface area contributed by atoms with Gasteiger partial charge >= 0.3 is 0 Å². The molecular formula is C20H23N7O4S. The maximum Gasteiger partial charge on any atom is 0.255 e. The Hall–Kier alpha value is -3.53. The number of aromatic nitrogens is 3. The van der Waals surface area contributed by atoms with Gasteiger partial charge in [-0.1, -0.05) is 0 Å². The molecule has 3 heterocycles. The van der Waals surface area contributed by atoms with Gasteiger partial charge in [0.1, 0.15) is 17.5 Å². The molecule has 12 heteroatoms. The number of nitriles is 1. The molecule has 0 aromatic carbocycles. The zero-order valence-electron chi connectivity index (χ0n) is 17.5. The number of nitrogens with zero attached hydrogens (tertiary/aromatic N) is 4. The minimum Gasteiger partial charge on any atom is -0.394 e. The van der Waals surface area contributed by atoms with Crippen molar-refractivity contribution >= 4 is 32.7 Å². The van der Waals surface area contributed by atoms with Gasteiger partial charge in [0, 0.05) is 49.2 Å². The Kier molecular flexibility index (Phi) is 7.04. The Morgan fingerprint density at radius 3 is 2.75 bits per heavy atom. The summed E-state index contributed by atoms with van der Waals surface area (Å²) in [5, 5.41) is 25.0. The smallest absolute Gasteiger partial charge is 0.255 e. The number of pyridine rings is 2. The van der Waals surface area contributed by atoms with Crippen molar-refractivity contribution in [1.82, 2.24) is 24.6 Å². The van der Waals surface area contributed by atoms with E-state index in [1.165, 1.54) is 12.4 Å². The quantitative estimate of drug-likeness (QED) is 0.335. The fourth-order valence-corrected chi connectivity index (χ4v) is 3.44. The fraction of sp³-hybridized carbons (Fsp3) is 0.300. The van der Waals surface area contributed by atoms with Gasteiger partial charge < -0.3 is 15.7 Å². The highest BCUT2D eigenvalue weighted by molar-refractivity contribution is 7.88. The summed E-state index contributed by atoms with van der Waals surface area (Å²) in [4.78, 5) is 21.4. The Labute approximate surface area is 185 Å². The molecule has 4 N–H and O–H groups in total. The van der Waals surface area contributed by atoms with Crippen LogP contribution in [-0.4, -0.2) is 66.0 Å². The predicted octanol–water partition coefficient (Wildman–Crippen LogP) is 0.364. The van der Waals surface area contributed by atoms with E-state index in [4.69, 9.17) is 5.26 Å². The number of fused-ring (bicyclic) bond motifs is 1. The molecular weight excluding hydrogens is 434 g/mol. The van der Waals surface area contributed by atoms with E-state index in [0.717, 1.165) is 11.6 Å². The van der Waals surface area contributed by atoms with Crippen molar-refractivity contribution in [2.75, 3.05) is 31.3 Å². The van der Waals surface area contributed by atoms with Gasteiger partial charge in [-0.2, -0.15) is 5.26 Å². The Morgan fingerprint density at radius 2 is 2.06 bits per heavy atom. The van der Waals surface area contributed by atoms with E-state index in [9.17, 15) is 18.3 Å². The average Bonchev–Trinajstić information content (AvgIpc) is 3.18. The third-order valence-electron chi connectivity index (χ3n) is 4.49. The highest BCUT2D eigenvalue weighted by atomic mass is 32.2. The van der Waals surface area contributed by atoms with E-state index in [0.29, 0.717) is 22.7 Å². The number of aliphatic hydroxyl groups is 1. The van der Waals surface area contributed by atoms with Crippen LogP contribution in [0.4, 0.5) is 5.69 Å². The molecule has 0 radical (unpaired) electrons. The van der Waals surface area contributed by atoms with Crippen LogP contribution in [0.3, 0.4) is 0 Å². The minimum absolute atomic E-state index is 0.0532. The molecule has 0 spiro atoms. The van der Waals surface area contributed by atoms with E-state index < -0.39 is 15.9 Å². The molecule has 1 atom stereocenters. The third-order valence-corrected chi connectivity index (χ3v) is 5.22. The first kappa shape index (κ1) is 23.1. The normalized spacial score (nSPS) is 12.3. The van der Waals surface area contributed by atoms with Gasteiger partial charge in [0.25, 0.3) is 5.91 Å². The monoisotopic (exact) mass is 457 g/mol. The number of rotatable bonds is 9. The minimum atomic E-state index is -3.35. The molecule has 168 valence electrons. The lowest BCUT2D eigenvalue weighted by Crippen LogP contribution is -2.34.